The van der Waals surface area contributed by atoms with E-state index in [1.165, 1.54) is 30.4 Å². The van der Waals surface area contributed by atoms with Gasteiger partial charge in [0, 0.05) is 18.7 Å². The molecular weight excluding hydrogens is 448 g/mol. The molecule has 1 saturated carbocycles. The minimum atomic E-state index is -3.89. The summed E-state index contributed by atoms with van der Waals surface area (Å²) < 4.78 is 30.4. The van der Waals surface area contributed by atoms with E-state index < -0.39 is 21.8 Å². The van der Waals surface area contributed by atoms with Crippen molar-refractivity contribution in [3.63, 3.8) is 0 Å². The molecule has 1 atom stereocenters. The minimum Gasteiger partial charge on any atom is -0.354 e. The number of rotatable bonds is 4. The number of aromatic nitrogens is 4. The average Bonchev–Trinajstić information content (AvgIpc) is 3.18. The van der Waals surface area contributed by atoms with E-state index in [0.717, 1.165) is 30.3 Å². The Morgan fingerprint density at radius 1 is 1.18 bits per heavy atom. The van der Waals surface area contributed by atoms with Crippen LogP contribution in [0, 0.1) is 0 Å². The van der Waals surface area contributed by atoms with Crippen LogP contribution in [-0.4, -0.2) is 46.0 Å². The summed E-state index contributed by atoms with van der Waals surface area (Å²) in [6.07, 6.45) is 6.48. The predicted octanol–water partition coefficient (Wildman–Crippen LogP) is 1.24. The zero-order chi connectivity index (χ0) is 23.4. The summed E-state index contributed by atoms with van der Waals surface area (Å²) in [7, 11) is -2.38. The lowest BCUT2D eigenvalue weighted by atomic mass is 9.79. The van der Waals surface area contributed by atoms with Gasteiger partial charge >= 0.3 is 0 Å². The van der Waals surface area contributed by atoms with Gasteiger partial charge in [-0.1, -0.05) is 19.3 Å². The van der Waals surface area contributed by atoms with Crippen molar-refractivity contribution in [2.75, 3.05) is 12.4 Å². The van der Waals surface area contributed by atoms with Crippen molar-refractivity contribution < 1.29 is 17.9 Å². The summed E-state index contributed by atoms with van der Waals surface area (Å²) in [5.41, 5.74) is 1.02. The van der Waals surface area contributed by atoms with Crippen molar-refractivity contribution in [2.45, 2.75) is 48.9 Å². The summed E-state index contributed by atoms with van der Waals surface area (Å²) >= 11 is 0. The van der Waals surface area contributed by atoms with Crippen LogP contribution in [0.25, 0.3) is 11.0 Å². The number of hydrogen-bond donors (Lipinski definition) is 3. The molecule has 0 saturated heterocycles. The average molecular weight is 473 g/mol. The molecule has 1 aliphatic heterocycles. The molecular formula is C20H24N8O4S. The number of pyridine rings is 1. The van der Waals surface area contributed by atoms with Gasteiger partial charge in [-0.2, -0.15) is 4.98 Å². The largest absolute Gasteiger partial charge is 0.354 e. The van der Waals surface area contributed by atoms with Gasteiger partial charge in [-0.15, -0.1) is 0 Å². The van der Waals surface area contributed by atoms with Gasteiger partial charge in [-0.3, -0.25) is 4.79 Å². The number of amides is 1. The van der Waals surface area contributed by atoms with E-state index >= 15 is 0 Å². The predicted molar refractivity (Wildman–Crippen MR) is 118 cm³/mol. The standard InChI is InChI=1S/C20H24N8O4S/c1-32-17-14-9-12-10-24-19(25-13-5-6-15(23-11-13)33(22,30)31)26-16(12)27(14)20(18(29)28(17)21)7-3-2-4-8-20/h5-6,9-11,17H,2-4,7-8,21H2,1H3,(H2,22,30,31)(H,24,25,26). The van der Waals surface area contributed by atoms with E-state index in [9.17, 15) is 13.2 Å². The lowest BCUT2D eigenvalue weighted by Crippen LogP contribution is -2.60. The van der Waals surface area contributed by atoms with Gasteiger partial charge in [-0.05, 0) is 31.0 Å². The Hall–Kier alpha value is -3.13. The molecule has 0 aromatic carbocycles. The summed E-state index contributed by atoms with van der Waals surface area (Å²) in [6.45, 7) is 0. The second-order valence-corrected chi connectivity index (χ2v) is 9.83. The Balaban J connectivity index is 1.60. The van der Waals surface area contributed by atoms with Gasteiger partial charge in [0.15, 0.2) is 11.3 Å². The van der Waals surface area contributed by atoms with Crippen LogP contribution in [0.15, 0.2) is 35.6 Å². The number of nitrogens with zero attached hydrogens (tertiary/aromatic N) is 5. The molecule has 1 amide bonds. The Morgan fingerprint density at radius 2 is 1.94 bits per heavy atom. The summed E-state index contributed by atoms with van der Waals surface area (Å²) in [4.78, 5) is 26.4. The molecule has 1 spiro atoms. The van der Waals surface area contributed by atoms with Gasteiger partial charge in [0.1, 0.15) is 11.2 Å². The van der Waals surface area contributed by atoms with Gasteiger partial charge < -0.3 is 14.6 Å². The molecule has 0 radical (unpaired) electrons. The summed E-state index contributed by atoms with van der Waals surface area (Å²) in [5, 5.41) is 9.83. The van der Waals surface area contributed by atoms with Crippen molar-refractivity contribution >= 4 is 38.6 Å². The van der Waals surface area contributed by atoms with Crippen LogP contribution in [0.4, 0.5) is 11.6 Å². The van der Waals surface area contributed by atoms with Gasteiger partial charge in [0.2, 0.25) is 5.95 Å². The number of nitrogens with two attached hydrogens (primary N) is 2. The second kappa shape index (κ2) is 7.73. The third-order valence-electron chi connectivity index (χ3n) is 6.32. The van der Waals surface area contributed by atoms with Gasteiger partial charge in [0.25, 0.3) is 15.9 Å². The highest BCUT2D eigenvalue weighted by atomic mass is 32.2. The molecule has 5 rings (SSSR count). The maximum absolute atomic E-state index is 13.4. The highest BCUT2D eigenvalue weighted by Gasteiger charge is 2.51. The van der Waals surface area contributed by atoms with E-state index in [1.54, 1.807) is 6.20 Å². The number of carbonyl (C=O) groups is 1. The SMILES string of the molecule is COC1c2cc3cnc(Nc4ccc(S(N)(=O)=O)nc4)nc3n2C2(CCCCC2)C(=O)N1N. The van der Waals surface area contributed by atoms with Gasteiger partial charge in [0.05, 0.1) is 17.6 Å². The minimum absolute atomic E-state index is 0.185. The summed E-state index contributed by atoms with van der Waals surface area (Å²) in [5.74, 6) is 6.28. The lowest BCUT2D eigenvalue weighted by molar-refractivity contribution is -0.164. The third kappa shape index (κ3) is 3.44. The van der Waals surface area contributed by atoms with Crippen molar-refractivity contribution in [2.24, 2.45) is 11.0 Å². The number of primary sulfonamides is 1. The van der Waals surface area contributed by atoms with E-state index in [4.69, 9.17) is 20.7 Å². The molecule has 12 nitrogen and oxygen atoms in total. The highest BCUT2D eigenvalue weighted by molar-refractivity contribution is 7.89. The fourth-order valence-electron chi connectivity index (χ4n) is 4.85. The smallest absolute Gasteiger partial charge is 0.265 e. The first-order chi connectivity index (χ1) is 15.7. The number of anilines is 2. The number of fused-ring (bicyclic) bond motifs is 4. The Kier molecular flexibility index (Phi) is 5.08. The summed E-state index contributed by atoms with van der Waals surface area (Å²) in [6, 6.07) is 4.72. The van der Waals surface area contributed by atoms with Crippen molar-refractivity contribution in [3.8, 4) is 0 Å². The highest BCUT2D eigenvalue weighted by Crippen LogP contribution is 2.45. The van der Waals surface area contributed by atoms with E-state index in [0.29, 0.717) is 24.2 Å². The van der Waals surface area contributed by atoms with Crippen LogP contribution in [0.3, 0.4) is 0 Å². The number of hydrogen-bond acceptors (Lipinski definition) is 9. The Bertz CT molecular complexity index is 1330. The molecule has 2 aliphatic rings. The molecule has 5 N–H and O–H groups in total. The maximum Gasteiger partial charge on any atom is 0.265 e. The van der Waals surface area contributed by atoms with Crippen molar-refractivity contribution in [3.05, 3.63) is 36.3 Å². The molecule has 1 fully saturated rings. The molecule has 4 heterocycles. The quantitative estimate of drug-likeness (QED) is 0.373. The molecule has 174 valence electrons. The fourth-order valence-corrected chi connectivity index (χ4v) is 5.30. The third-order valence-corrected chi connectivity index (χ3v) is 7.15. The Morgan fingerprint density at radius 3 is 2.58 bits per heavy atom. The van der Waals surface area contributed by atoms with E-state index in [1.807, 2.05) is 10.6 Å². The van der Waals surface area contributed by atoms with Crippen molar-refractivity contribution in [1.29, 1.82) is 0 Å². The Labute approximate surface area is 190 Å². The van der Waals surface area contributed by atoms with Crippen LogP contribution in [0.5, 0.6) is 0 Å². The van der Waals surface area contributed by atoms with E-state index in [2.05, 4.69) is 15.3 Å². The second-order valence-electron chi connectivity index (χ2n) is 8.33. The number of sulfonamides is 1. The first-order valence-electron chi connectivity index (χ1n) is 10.5. The number of carbonyl (C=O) groups excluding carboxylic acids is 1. The molecule has 3 aromatic heterocycles. The molecule has 1 aliphatic carbocycles. The molecule has 0 bridgehead atoms. The van der Waals surface area contributed by atoms with Crippen molar-refractivity contribution in [1.82, 2.24) is 24.5 Å². The van der Waals surface area contributed by atoms with Crippen LogP contribution < -0.4 is 16.3 Å². The first-order valence-corrected chi connectivity index (χ1v) is 12.1. The monoisotopic (exact) mass is 472 g/mol. The number of hydrazine groups is 1. The van der Waals surface area contributed by atoms with Crippen LogP contribution >= 0.6 is 0 Å². The number of nitrogens with one attached hydrogen (secondary N) is 1. The fraction of sp³-hybridized carbons (Fsp3) is 0.400. The molecule has 1 unspecified atom stereocenters. The van der Waals surface area contributed by atoms with Crippen LogP contribution in [-0.2, 0) is 25.1 Å². The molecule has 13 heteroatoms. The zero-order valence-corrected chi connectivity index (χ0v) is 18.7. The number of methoxy groups -OCH3 is 1. The topological polar surface area (TPSA) is 171 Å². The lowest BCUT2D eigenvalue weighted by Gasteiger charge is -2.46. The van der Waals surface area contributed by atoms with Crippen LogP contribution in [0.2, 0.25) is 0 Å². The molecule has 33 heavy (non-hydrogen) atoms. The maximum atomic E-state index is 13.4. The zero-order valence-electron chi connectivity index (χ0n) is 17.9. The van der Waals surface area contributed by atoms with E-state index in [-0.39, 0.29) is 16.9 Å². The molecule has 3 aromatic rings. The van der Waals surface area contributed by atoms with Crippen LogP contribution in [0.1, 0.15) is 44.0 Å². The van der Waals surface area contributed by atoms with Gasteiger partial charge in [-0.25, -0.2) is 34.4 Å². The normalized spacial score (nSPS) is 20.3. The first kappa shape index (κ1) is 21.7. The number of ether oxygens (including phenoxy) is 1.